The van der Waals surface area contributed by atoms with Gasteiger partial charge in [0.15, 0.2) is 0 Å². The summed E-state index contributed by atoms with van der Waals surface area (Å²) in [6.45, 7) is 1.06. The highest BCUT2D eigenvalue weighted by Crippen LogP contribution is 2.26. The summed E-state index contributed by atoms with van der Waals surface area (Å²) in [5, 5.41) is 19.0. The lowest BCUT2D eigenvalue weighted by atomic mass is 10.1. The van der Waals surface area contributed by atoms with E-state index in [0.29, 0.717) is 5.56 Å². The zero-order chi connectivity index (χ0) is 14.1. The van der Waals surface area contributed by atoms with Gasteiger partial charge in [-0.2, -0.15) is 0 Å². The third-order valence-electron chi connectivity index (χ3n) is 2.37. The van der Waals surface area contributed by atoms with E-state index in [2.05, 4.69) is 0 Å². The van der Waals surface area contributed by atoms with Gasteiger partial charge in [0.25, 0.3) is 0 Å². The lowest BCUT2D eigenvalue weighted by Crippen LogP contribution is -2.21. The monoisotopic (exact) mass is 294 g/mol. The molecule has 102 valence electrons. The Morgan fingerprint density at radius 1 is 1.11 bits per heavy atom. The SMILES string of the molecule is Cc1ccc(S(N)(=O)=O)c(CCO)c1S(N)(=O)=O. The first kappa shape index (κ1) is 15.1. The molecule has 0 atom stereocenters. The van der Waals surface area contributed by atoms with Crippen LogP contribution >= 0.6 is 0 Å². The number of benzene rings is 1. The van der Waals surface area contributed by atoms with Gasteiger partial charge in [-0.05, 0) is 30.5 Å². The van der Waals surface area contributed by atoms with Crippen molar-refractivity contribution < 1.29 is 21.9 Å². The molecule has 0 spiro atoms. The number of aliphatic hydroxyl groups is 1. The van der Waals surface area contributed by atoms with Crippen molar-refractivity contribution in [2.75, 3.05) is 6.61 Å². The molecule has 0 aliphatic carbocycles. The van der Waals surface area contributed by atoms with Crippen molar-refractivity contribution in [1.82, 2.24) is 0 Å². The maximum absolute atomic E-state index is 11.5. The minimum atomic E-state index is -4.10. The van der Waals surface area contributed by atoms with Crippen molar-refractivity contribution in [3.05, 3.63) is 23.3 Å². The molecule has 7 nitrogen and oxygen atoms in total. The molecule has 0 fully saturated rings. The molecule has 0 aliphatic rings. The van der Waals surface area contributed by atoms with Gasteiger partial charge in [0.1, 0.15) is 0 Å². The molecule has 1 aromatic carbocycles. The molecule has 0 bridgehead atoms. The number of nitrogens with two attached hydrogens (primary N) is 2. The van der Waals surface area contributed by atoms with E-state index in [-0.39, 0.29) is 21.8 Å². The molecular formula is C9H14N2O5S2. The summed E-state index contributed by atoms with van der Waals surface area (Å²) >= 11 is 0. The summed E-state index contributed by atoms with van der Waals surface area (Å²) in [4.78, 5) is -0.644. The normalized spacial score (nSPS) is 12.7. The minimum absolute atomic E-state index is 0.0810. The summed E-state index contributed by atoms with van der Waals surface area (Å²) in [6.07, 6.45) is -0.167. The fourth-order valence-corrected chi connectivity index (χ4v) is 3.68. The highest BCUT2D eigenvalue weighted by atomic mass is 32.2. The Kier molecular flexibility index (Phi) is 4.13. The summed E-state index contributed by atoms with van der Waals surface area (Å²) < 4.78 is 45.7. The average Bonchev–Trinajstić information content (AvgIpc) is 2.13. The molecule has 1 rings (SSSR count). The van der Waals surface area contributed by atoms with Crippen LogP contribution < -0.4 is 10.3 Å². The number of rotatable bonds is 4. The summed E-state index contributed by atoms with van der Waals surface area (Å²) in [7, 11) is -8.19. The Hall–Kier alpha value is -1.00. The van der Waals surface area contributed by atoms with Gasteiger partial charge in [-0.1, -0.05) is 6.07 Å². The largest absolute Gasteiger partial charge is 0.396 e. The first-order valence-corrected chi connectivity index (χ1v) is 7.97. The van der Waals surface area contributed by atoms with Gasteiger partial charge in [0, 0.05) is 6.61 Å². The smallest absolute Gasteiger partial charge is 0.238 e. The highest BCUT2D eigenvalue weighted by Gasteiger charge is 2.24. The molecule has 18 heavy (non-hydrogen) atoms. The van der Waals surface area contributed by atoms with Gasteiger partial charge in [0.05, 0.1) is 9.79 Å². The van der Waals surface area contributed by atoms with Crippen LogP contribution in [0.25, 0.3) is 0 Å². The van der Waals surface area contributed by atoms with E-state index >= 15 is 0 Å². The van der Waals surface area contributed by atoms with E-state index < -0.39 is 26.7 Å². The van der Waals surface area contributed by atoms with Crippen LogP contribution in [0.5, 0.6) is 0 Å². The summed E-state index contributed by atoms with van der Waals surface area (Å²) in [6, 6.07) is 2.50. The third-order valence-corrected chi connectivity index (χ3v) is 4.50. The molecule has 9 heteroatoms. The van der Waals surface area contributed by atoms with Crippen molar-refractivity contribution in [1.29, 1.82) is 0 Å². The van der Waals surface area contributed by atoms with E-state index in [1.165, 1.54) is 19.1 Å². The second-order valence-electron chi connectivity index (χ2n) is 3.75. The van der Waals surface area contributed by atoms with Crippen LogP contribution in [0, 0.1) is 6.92 Å². The van der Waals surface area contributed by atoms with Crippen LogP contribution in [-0.2, 0) is 26.5 Å². The molecule has 0 aliphatic heterocycles. The van der Waals surface area contributed by atoms with Gasteiger partial charge >= 0.3 is 0 Å². The Bertz CT molecular complexity index is 664. The number of primary sulfonamides is 2. The van der Waals surface area contributed by atoms with Gasteiger partial charge in [0.2, 0.25) is 20.0 Å². The van der Waals surface area contributed by atoms with E-state index in [4.69, 9.17) is 15.4 Å². The second-order valence-corrected chi connectivity index (χ2v) is 6.78. The van der Waals surface area contributed by atoms with Crippen LogP contribution in [0.3, 0.4) is 0 Å². The maximum Gasteiger partial charge on any atom is 0.238 e. The molecule has 0 amide bonds. The van der Waals surface area contributed by atoms with Crippen LogP contribution in [0.2, 0.25) is 0 Å². The number of hydrogen-bond donors (Lipinski definition) is 3. The van der Waals surface area contributed by atoms with Gasteiger partial charge in [-0.3, -0.25) is 0 Å². The standard InChI is InChI=1S/C9H14N2O5S2/c1-6-2-3-8(17(10,13)14)7(4-5-12)9(6)18(11,15)16/h2-3,12H,4-5H2,1H3,(H2,10,13,14)(H2,11,15,16). The van der Waals surface area contributed by atoms with E-state index in [1.54, 1.807) is 0 Å². The van der Waals surface area contributed by atoms with Gasteiger partial charge in [-0.25, -0.2) is 27.1 Å². The van der Waals surface area contributed by atoms with Crippen LogP contribution in [-0.4, -0.2) is 28.5 Å². The van der Waals surface area contributed by atoms with Crippen molar-refractivity contribution >= 4 is 20.0 Å². The van der Waals surface area contributed by atoms with E-state index in [9.17, 15) is 16.8 Å². The Balaban J connectivity index is 3.81. The van der Waals surface area contributed by atoms with Gasteiger partial charge in [-0.15, -0.1) is 0 Å². The summed E-state index contributed by atoms with van der Waals surface area (Å²) in [5.41, 5.74) is 0.218. The Morgan fingerprint density at radius 2 is 1.67 bits per heavy atom. The van der Waals surface area contributed by atoms with Crippen molar-refractivity contribution in [3.63, 3.8) is 0 Å². The van der Waals surface area contributed by atoms with Crippen LogP contribution in [0.4, 0.5) is 0 Å². The first-order chi connectivity index (χ1) is 8.09. The second kappa shape index (κ2) is 4.94. The molecule has 0 unspecified atom stereocenters. The Labute approximate surface area is 106 Å². The van der Waals surface area contributed by atoms with E-state index in [1.807, 2.05) is 0 Å². The number of sulfonamides is 2. The topological polar surface area (TPSA) is 141 Å². The maximum atomic E-state index is 11.5. The lowest BCUT2D eigenvalue weighted by molar-refractivity contribution is 0.297. The first-order valence-electron chi connectivity index (χ1n) is 4.88. The Morgan fingerprint density at radius 3 is 2.06 bits per heavy atom. The van der Waals surface area contributed by atoms with Crippen LogP contribution in [0.1, 0.15) is 11.1 Å². The third kappa shape index (κ3) is 3.06. The number of hydrogen-bond acceptors (Lipinski definition) is 5. The molecule has 0 heterocycles. The molecule has 0 saturated heterocycles. The van der Waals surface area contributed by atoms with Crippen molar-refractivity contribution in [2.24, 2.45) is 10.3 Å². The number of aliphatic hydroxyl groups excluding tert-OH is 1. The molecule has 0 aromatic heterocycles. The zero-order valence-corrected chi connectivity index (χ0v) is 11.3. The van der Waals surface area contributed by atoms with Crippen LogP contribution in [0.15, 0.2) is 21.9 Å². The predicted octanol–water partition coefficient (Wildman–Crippen LogP) is -1.18. The molecule has 0 saturated carbocycles. The quantitative estimate of drug-likeness (QED) is 0.641. The lowest BCUT2D eigenvalue weighted by Gasteiger charge is -2.13. The van der Waals surface area contributed by atoms with Gasteiger partial charge < -0.3 is 5.11 Å². The summed E-state index contributed by atoms with van der Waals surface area (Å²) in [5.74, 6) is 0. The molecule has 1 aromatic rings. The fraction of sp³-hybridized carbons (Fsp3) is 0.333. The molecular weight excluding hydrogens is 280 g/mol. The van der Waals surface area contributed by atoms with E-state index in [0.717, 1.165) is 0 Å². The number of aryl methyl sites for hydroxylation is 1. The van der Waals surface area contributed by atoms with Crippen molar-refractivity contribution in [2.45, 2.75) is 23.1 Å². The minimum Gasteiger partial charge on any atom is -0.396 e. The zero-order valence-electron chi connectivity index (χ0n) is 9.62. The molecule has 0 radical (unpaired) electrons. The average molecular weight is 294 g/mol. The highest BCUT2D eigenvalue weighted by molar-refractivity contribution is 7.90. The van der Waals surface area contributed by atoms with Crippen molar-refractivity contribution in [3.8, 4) is 0 Å². The molecule has 5 N–H and O–H groups in total. The predicted molar refractivity (Wildman–Crippen MR) is 64.7 cm³/mol. The fourth-order valence-electron chi connectivity index (χ4n) is 1.74.